The van der Waals surface area contributed by atoms with Gasteiger partial charge in [-0.25, -0.2) is 0 Å². The molecule has 0 radical (unpaired) electrons. The summed E-state index contributed by atoms with van der Waals surface area (Å²) in [6, 6.07) is -0.866. The van der Waals surface area contributed by atoms with E-state index in [0.717, 1.165) is 6.42 Å². The van der Waals surface area contributed by atoms with E-state index in [1.54, 1.807) is 0 Å². The van der Waals surface area contributed by atoms with Crippen LogP contribution in [-0.4, -0.2) is 36.7 Å². The van der Waals surface area contributed by atoms with Crippen LogP contribution in [-0.2, 0) is 14.3 Å². The van der Waals surface area contributed by atoms with Gasteiger partial charge in [0, 0.05) is 0 Å². The highest BCUT2D eigenvalue weighted by Gasteiger charge is 2.21. The van der Waals surface area contributed by atoms with E-state index in [1.807, 2.05) is 0 Å². The van der Waals surface area contributed by atoms with Gasteiger partial charge in [0.25, 0.3) is 0 Å². The maximum Gasteiger partial charge on any atom is 0.321 e. The quantitative estimate of drug-likeness (QED) is 0.668. The van der Waals surface area contributed by atoms with Gasteiger partial charge in [-0.2, -0.15) is 0 Å². The van der Waals surface area contributed by atoms with Gasteiger partial charge in [0.15, 0.2) is 0 Å². The van der Waals surface area contributed by atoms with E-state index in [4.69, 9.17) is 5.11 Å². The average Bonchev–Trinajstić information content (AvgIpc) is 2.13. The lowest BCUT2D eigenvalue weighted by Gasteiger charge is -2.20. The summed E-state index contributed by atoms with van der Waals surface area (Å²) in [5.41, 5.74) is 0.140. The second-order valence-corrected chi connectivity index (χ2v) is 4.94. The lowest BCUT2D eigenvalue weighted by molar-refractivity contribution is -0.147. The summed E-state index contributed by atoms with van der Waals surface area (Å²) >= 11 is 0. The summed E-state index contributed by atoms with van der Waals surface area (Å²) in [5, 5.41) is 11.7. The number of carbonyl (C=O) groups is 2. The van der Waals surface area contributed by atoms with Gasteiger partial charge in [-0.3, -0.25) is 9.59 Å². The second-order valence-electron chi connectivity index (χ2n) is 4.94. The van der Waals surface area contributed by atoms with Gasteiger partial charge in [0.2, 0.25) is 0 Å². The zero-order valence-electron chi connectivity index (χ0n) is 10.4. The lowest BCUT2D eigenvalue weighted by atomic mass is 9.92. The van der Waals surface area contributed by atoms with Gasteiger partial charge >= 0.3 is 11.9 Å². The summed E-state index contributed by atoms with van der Waals surface area (Å²) in [5.74, 6) is -1.55. The van der Waals surface area contributed by atoms with Crippen molar-refractivity contribution in [2.24, 2.45) is 5.41 Å². The normalized spacial score (nSPS) is 13.2. The molecule has 2 N–H and O–H groups in total. The fourth-order valence-electron chi connectivity index (χ4n) is 1.12. The van der Waals surface area contributed by atoms with Crippen molar-refractivity contribution in [3.05, 3.63) is 0 Å². The maximum absolute atomic E-state index is 11.0. The highest BCUT2D eigenvalue weighted by Crippen LogP contribution is 2.17. The molecule has 0 aliphatic heterocycles. The lowest BCUT2D eigenvalue weighted by Crippen LogP contribution is -2.40. The number of rotatable bonds is 6. The summed E-state index contributed by atoms with van der Waals surface area (Å²) in [7, 11) is 1.25. The van der Waals surface area contributed by atoms with Crippen molar-refractivity contribution in [1.82, 2.24) is 5.32 Å². The predicted molar refractivity (Wildman–Crippen MR) is 60.1 cm³/mol. The van der Waals surface area contributed by atoms with Gasteiger partial charge in [0.05, 0.1) is 13.5 Å². The first-order valence-electron chi connectivity index (χ1n) is 5.29. The van der Waals surface area contributed by atoms with Crippen molar-refractivity contribution in [3.63, 3.8) is 0 Å². The van der Waals surface area contributed by atoms with Crippen molar-refractivity contribution in [2.75, 3.05) is 13.7 Å². The van der Waals surface area contributed by atoms with E-state index in [1.165, 1.54) is 7.11 Å². The highest BCUT2D eigenvalue weighted by molar-refractivity contribution is 5.81. The van der Waals surface area contributed by atoms with Gasteiger partial charge < -0.3 is 15.2 Å². The van der Waals surface area contributed by atoms with Crippen molar-refractivity contribution in [2.45, 2.75) is 39.7 Å². The molecule has 0 saturated heterocycles. The van der Waals surface area contributed by atoms with Crippen molar-refractivity contribution >= 4 is 11.9 Å². The Morgan fingerprint density at radius 1 is 1.38 bits per heavy atom. The highest BCUT2D eigenvalue weighted by atomic mass is 16.5. The number of methoxy groups -OCH3 is 1. The van der Waals surface area contributed by atoms with Crippen LogP contribution in [0.5, 0.6) is 0 Å². The number of carboxylic acids is 1. The van der Waals surface area contributed by atoms with Crippen LogP contribution in [0.15, 0.2) is 0 Å². The standard InChI is InChI=1S/C11H21NO4/c1-11(2,3)5-6-12-8(10(14)15)7-9(13)16-4/h8,12H,5-7H2,1-4H3,(H,14,15). The van der Waals surface area contributed by atoms with Crippen LogP contribution in [0.3, 0.4) is 0 Å². The minimum Gasteiger partial charge on any atom is -0.480 e. The van der Waals surface area contributed by atoms with Crippen molar-refractivity contribution < 1.29 is 19.4 Å². The number of hydrogen-bond acceptors (Lipinski definition) is 4. The second kappa shape index (κ2) is 6.48. The molecule has 0 spiro atoms. The molecule has 5 heteroatoms. The van der Waals surface area contributed by atoms with E-state index in [0.29, 0.717) is 6.54 Å². The van der Waals surface area contributed by atoms with E-state index in [2.05, 4.69) is 30.8 Å². The van der Waals surface area contributed by atoms with Crippen LogP contribution < -0.4 is 5.32 Å². The Bertz CT molecular complexity index is 245. The van der Waals surface area contributed by atoms with Crippen molar-refractivity contribution in [3.8, 4) is 0 Å². The zero-order chi connectivity index (χ0) is 12.8. The molecule has 0 aliphatic carbocycles. The third-order valence-corrected chi connectivity index (χ3v) is 2.16. The van der Waals surface area contributed by atoms with Gasteiger partial charge in [0.1, 0.15) is 6.04 Å². The number of esters is 1. The van der Waals surface area contributed by atoms with Crippen LogP contribution in [0.2, 0.25) is 0 Å². The Hall–Kier alpha value is -1.10. The number of carbonyl (C=O) groups excluding carboxylic acids is 1. The largest absolute Gasteiger partial charge is 0.480 e. The van der Waals surface area contributed by atoms with E-state index < -0.39 is 18.0 Å². The minimum atomic E-state index is -1.03. The summed E-state index contributed by atoms with van der Waals surface area (Å²) in [4.78, 5) is 21.8. The molecule has 94 valence electrons. The molecule has 1 atom stereocenters. The van der Waals surface area contributed by atoms with Crippen molar-refractivity contribution in [1.29, 1.82) is 0 Å². The molecule has 0 aromatic carbocycles. The first-order valence-corrected chi connectivity index (χ1v) is 5.29. The summed E-state index contributed by atoms with van der Waals surface area (Å²) in [6.45, 7) is 6.79. The zero-order valence-corrected chi connectivity index (χ0v) is 10.4. The molecular weight excluding hydrogens is 210 g/mol. The molecule has 0 aliphatic rings. The minimum absolute atomic E-state index is 0.140. The number of carboxylic acid groups (broad SMARTS) is 1. The smallest absolute Gasteiger partial charge is 0.321 e. The fourth-order valence-corrected chi connectivity index (χ4v) is 1.12. The molecular formula is C11H21NO4. The molecule has 0 aromatic heterocycles. The molecule has 0 amide bonds. The average molecular weight is 231 g/mol. The van der Waals surface area contributed by atoms with Gasteiger partial charge in [-0.1, -0.05) is 20.8 Å². The monoisotopic (exact) mass is 231 g/mol. The van der Waals surface area contributed by atoms with Crippen LogP contribution in [0.25, 0.3) is 0 Å². The summed E-state index contributed by atoms with van der Waals surface area (Å²) < 4.78 is 4.44. The molecule has 5 nitrogen and oxygen atoms in total. The maximum atomic E-state index is 11.0. The molecule has 16 heavy (non-hydrogen) atoms. The first kappa shape index (κ1) is 14.9. The Kier molecular flexibility index (Phi) is 6.03. The van der Waals surface area contributed by atoms with Crippen LogP contribution in [0.4, 0.5) is 0 Å². The van der Waals surface area contributed by atoms with Crippen LogP contribution in [0.1, 0.15) is 33.6 Å². The molecule has 0 fully saturated rings. The number of ether oxygens (including phenoxy) is 1. The number of hydrogen-bond donors (Lipinski definition) is 2. The van der Waals surface area contributed by atoms with Crippen LogP contribution in [0, 0.1) is 5.41 Å². The van der Waals surface area contributed by atoms with Crippen LogP contribution >= 0.6 is 0 Å². The van der Waals surface area contributed by atoms with E-state index >= 15 is 0 Å². The molecule has 0 rings (SSSR count). The summed E-state index contributed by atoms with van der Waals surface area (Å²) in [6.07, 6.45) is 0.702. The first-order chi connectivity index (χ1) is 7.26. The third-order valence-electron chi connectivity index (χ3n) is 2.16. The fraction of sp³-hybridized carbons (Fsp3) is 0.818. The Balaban J connectivity index is 4.05. The molecule has 0 aromatic rings. The Morgan fingerprint density at radius 2 is 1.94 bits per heavy atom. The molecule has 0 saturated carbocycles. The van der Waals surface area contributed by atoms with E-state index in [-0.39, 0.29) is 11.8 Å². The third kappa shape index (κ3) is 7.23. The van der Waals surface area contributed by atoms with Gasteiger partial charge in [-0.05, 0) is 18.4 Å². The SMILES string of the molecule is COC(=O)CC(NCCC(C)(C)C)C(=O)O. The topological polar surface area (TPSA) is 75.6 Å². The number of nitrogens with one attached hydrogen (secondary N) is 1. The molecule has 1 unspecified atom stereocenters. The predicted octanol–water partition coefficient (Wildman–Crippen LogP) is 1.03. The van der Waals surface area contributed by atoms with E-state index in [9.17, 15) is 9.59 Å². The molecule has 0 bridgehead atoms. The Morgan fingerprint density at radius 3 is 2.31 bits per heavy atom. The number of aliphatic carboxylic acids is 1. The Labute approximate surface area is 96.2 Å². The van der Waals surface area contributed by atoms with Gasteiger partial charge in [-0.15, -0.1) is 0 Å². The molecule has 0 heterocycles.